The van der Waals surface area contributed by atoms with E-state index in [4.69, 9.17) is 0 Å². The van der Waals surface area contributed by atoms with Gasteiger partial charge in [0.15, 0.2) is 0 Å². The minimum Gasteiger partial charge on any atom is -0.337 e. The first-order valence-electron chi connectivity index (χ1n) is 6.74. The molecule has 6 nitrogen and oxygen atoms in total. The fraction of sp³-hybridized carbons (Fsp3) is 0.500. The molecule has 2 rings (SSSR count). The van der Waals surface area contributed by atoms with Crippen LogP contribution in [0.25, 0.3) is 0 Å². The molecule has 1 N–H and O–H groups in total. The number of piperazine rings is 1. The Kier molecular flexibility index (Phi) is 4.34. The summed E-state index contributed by atoms with van der Waals surface area (Å²) in [7, 11) is 0. The van der Waals surface area contributed by atoms with Crippen LogP contribution in [0.2, 0.25) is 0 Å². The number of hydrogen-bond acceptors (Lipinski definition) is 4. The first kappa shape index (κ1) is 14.5. The SMILES string of the molecule is CC1CN(C(=O)Cc2ccccc2[N+](=O)[O-])C(C)CN1. The Bertz CT molecular complexity index is 518. The number of nitrogens with zero attached hydrogens (tertiary/aromatic N) is 2. The molecule has 1 amide bonds. The molecular formula is C14H19N3O3. The van der Waals surface area contributed by atoms with Gasteiger partial charge in [0, 0.05) is 36.8 Å². The van der Waals surface area contributed by atoms with Crippen LogP contribution in [0.4, 0.5) is 5.69 Å². The molecule has 20 heavy (non-hydrogen) atoms. The maximum absolute atomic E-state index is 12.4. The van der Waals surface area contributed by atoms with E-state index in [-0.39, 0.29) is 30.1 Å². The molecular weight excluding hydrogens is 258 g/mol. The van der Waals surface area contributed by atoms with Gasteiger partial charge in [0.05, 0.1) is 11.3 Å². The second-order valence-corrected chi connectivity index (χ2v) is 5.27. The Morgan fingerprint density at radius 2 is 2.15 bits per heavy atom. The number of nitro benzene ring substituents is 1. The van der Waals surface area contributed by atoms with Crippen LogP contribution in [0.3, 0.4) is 0 Å². The van der Waals surface area contributed by atoms with Crippen LogP contribution in [-0.4, -0.2) is 40.9 Å². The Morgan fingerprint density at radius 1 is 1.45 bits per heavy atom. The zero-order valence-corrected chi connectivity index (χ0v) is 11.7. The van der Waals surface area contributed by atoms with E-state index in [1.807, 2.05) is 13.8 Å². The van der Waals surface area contributed by atoms with E-state index in [1.165, 1.54) is 6.07 Å². The van der Waals surface area contributed by atoms with Crippen molar-refractivity contribution in [3.63, 3.8) is 0 Å². The van der Waals surface area contributed by atoms with Crippen molar-refractivity contribution in [3.8, 4) is 0 Å². The molecule has 0 radical (unpaired) electrons. The van der Waals surface area contributed by atoms with E-state index < -0.39 is 4.92 Å². The summed E-state index contributed by atoms with van der Waals surface area (Å²) in [6, 6.07) is 6.78. The Labute approximate surface area is 117 Å². The Balaban J connectivity index is 2.13. The van der Waals surface area contributed by atoms with E-state index in [0.717, 1.165) is 6.54 Å². The van der Waals surface area contributed by atoms with E-state index >= 15 is 0 Å². The van der Waals surface area contributed by atoms with Gasteiger partial charge in [-0.05, 0) is 13.8 Å². The average molecular weight is 277 g/mol. The maximum atomic E-state index is 12.4. The van der Waals surface area contributed by atoms with Gasteiger partial charge >= 0.3 is 0 Å². The zero-order chi connectivity index (χ0) is 14.7. The van der Waals surface area contributed by atoms with Gasteiger partial charge in [0.2, 0.25) is 5.91 Å². The van der Waals surface area contributed by atoms with Crippen molar-refractivity contribution < 1.29 is 9.72 Å². The van der Waals surface area contributed by atoms with Crippen LogP contribution in [0.15, 0.2) is 24.3 Å². The van der Waals surface area contributed by atoms with Gasteiger partial charge in [-0.2, -0.15) is 0 Å². The van der Waals surface area contributed by atoms with Gasteiger partial charge in [-0.15, -0.1) is 0 Å². The number of rotatable bonds is 3. The summed E-state index contributed by atoms with van der Waals surface area (Å²) < 4.78 is 0. The monoisotopic (exact) mass is 277 g/mol. The van der Waals surface area contributed by atoms with Crippen LogP contribution in [0, 0.1) is 10.1 Å². The molecule has 2 atom stereocenters. The van der Waals surface area contributed by atoms with Crippen molar-refractivity contribution in [2.75, 3.05) is 13.1 Å². The second-order valence-electron chi connectivity index (χ2n) is 5.27. The number of carbonyl (C=O) groups is 1. The molecule has 1 fully saturated rings. The van der Waals surface area contributed by atoms with Crippen LogP contribution >= 0.6 is 0 Å². The van der Waals surface area contributed by atoms with Crippen molar-refractivity contribution in [2.24, 2.45) is 0 Å². The van der Waals surface area contributed by atoms with Crippen molar-refractivity contribution >= 4 is 11.6 Å². The highest BCUT2D eigenvalue weighted by atomic mass is 16.6. The molecule has 6 heteroatoms. The lowest BCUT2D eigenvalue weighted by molar-refractivity contribution is -0.385. The van der Waals surface area contributed by atoms with Gasteiger partial charge < -0.3 is 10.2 Å². The Morgan fingerprint density at radius 3 is 2.85 bits per heavy atom. The van der Waals surface area contributed by atoms with Gasteiger partial charge in [-0.25, -0.2) is 0 Å². The highest BCUT2D eigenvalue weighted by Crippen LogP contribution is 2.19. The molecule has 1 aromatic carbocycles. The van der Waals surface area contributed by atoms with E-state index in [9.17, 15) is 14.9 Å². The lowest BCUT2D eigenvalue weighted by Crippen LogP contribution is -2.56. The third kappa shape index (κ3) is 3.14. The van der Waals surface area contributed by atoms with Crippen molar-refractivity contribution in [3.05, 3.63) is 39.9 Å². The van der Waals surface area contributed by atoms with Crippen LogP contribution in [0.5, 0.6) is 0 Å². The lowest BCUT2D eigenvalue weighted by atomic mass is 10.1. The van der Waals surface area contributed by atoms with Gasteiger partial charge in [0.1, 0.15) is 0 Å². The molecule has 2 unspecified atom stereocenters. The molecule has 1 saturated heterocycles. The molecule has 0 spiro atoms. The highest BCUT2D eigenvalue weighted by Gasteiger charge is 2.27. The number of carbonyl (C=O) groups excluding carboxylic acids is 1. The van der Waals surface area contributed by atoms with E-state index in [0.29, 0.717) is 12.1 Å². The summed E-state index contributed by atoms with van der Waals surface area (Å²) in [6.45, 7) is 5.40. The first-order valence-corrected chi connectivity index (χ1v) is 6.74. The van der Waals surface area contributed by atoms with Crippen LogP contribution in [-0.2, 0) is 11.2 Å². The van der Waals surface area contributed by atoms with Crippen LogP contribution in [0.1, 0.15) is 19.4 Å². The molecule has 1 heterocycles. The fourth-order valence-electron chi connectivity index (χ4n) is 2.47. The van der Waals surface area contributed by atoms with Crippen molar-refractivity contribution in [1.29, 1.82) is 0 Å². The molecule has 0 aliphatic carbocycles. The fourth-order valence-corrected chi connectivity index (χ4v) is 2.47. The molecule has 108 valence electrons. The summed E-state index contributed by atoms with van der Waals surface area (Å²) in [6.07, 6.45) is 0.0776. The molecule has 1 aliphatic heterocycles. The summed E-state index contributed by atoms with van der Waals surface area (Å²) in [5.74, 6) is -0.0554. The van der Waals surface area contributed by atoms with Gasteiger partial charge in [0.25, 0.3) is 5.69 Å². The number of para-hydroxylation sites is 1. The molecule has 1 aliphatic rings. The number of amides is 1. The maximum Gasteiger partial charge on any atom is 0.273 e. The van der Waals surface area contributed by atoms with Gasteiger partial charge in [-0.1, -0.05) is 18.2 Å². The topological polar surface area (TPSA) is 75.5 Å². The third-order valence-electron chi connectivity index (χ3n) is 3.61. The summed E-state index contributed by atoms with van der Waals surface area (Å²) in [5.41, 5.74) is 0.484. The first-order chi connectivity index (χ1) is 9.49. The van der Waals surface area contributed by atoms with Crippen molar-refractivity contribution in [2.45, 2.75) is 32.4 Å². The minimum atomic E-state index is -0.438. The van der Waals surface area contributed by atoms with Crippen LogP contribution < -0.4 is 5.32 Å². The normalized spacial score (nSPS) is 22.6. The summed E-state index contributed by atoms with van der Waals surface area (Å²) in [5, 5.41) is 14.3. The number of benzene rings is 1. The predicted octanol–water partition coefficient (Wildman–Crippen LogP) is 1.35. The highest BCUT2D eigenvalue weighted by molar-refractivity contribution is 5.80. The predicted molar refractivity (Wildman–Crippen MR) is 75.4 cm³/mol. The third-order valence-corrected chi connectivity index (χ3v) is 3.61. The number of hydrogen-bond donors (Lipinski definition) is 1. The quantitative estimate of drug-likeness (QED) is 0.668. The average Bonchev–Trinajstić information content (AvgIpc) is 2.41. The largest absolute Gasteiger partial charge is 0.337 e. The molecule has 0 saturated carbocycles. The van der Waals surface area contributed by atoms with Gasteiger partial charge in [-0.3, -0.25) is 14.9 Å². The molecule has 0 aromatic heterocycles. The van der Waals surface area contributed by atoms with E-state index in [2.05, 4.69) is 5.32 Å². The summed E-state index contributed by atoms with van der Waals surface area (Å²) in [4.78, 5) is 24.7. The second kappa shape index (κ2) is 6.00. The zero-order valence-electron chi connectivity index (χ0n) is 11.7. The molecule has 0 bridgehead atoms. The smallest absolute Gasteiger partial charge is 0.273 e. The number of nitrogens with one attached hydrogen (secondary N) is 1. The lowest BCUT2D eigenvalue weighted by Gasteiger charge is -2.37. The Hall–Kier alpha value is -1.95. The number of nitro groups is 1. The molecule has 1 aromatic rings. The van der Waals surface area contributed by atoms with E-state index in [1.54, 1.807) is 23.1 Å². The minimum absolute atomic E-state index is 0.0108. The summed E-state index contributed by atoms with van der Waals surface area (Å²) >= 11 is 0. The van der Waals surface area contributed by atoms with Crippen molar-refractivity contribution in [1.82, 2.24) is 10.2 Å². The standard InChI is InChI=1S/C14H19N3O3/c1-10-9-16(11(2)8-15-10)14(18)7-12-5-3-4-6-13(12)17(19)20/h3-6,10-11,15H,7-9H2,1-2H3.